The normalized spacial score (nSPS) is 10.7. The molecule has 3 N–H and O–H groups in total. The van der Waals surface area contributed by atoms with Gasteiger partial charge in [-0.2, -0.15) is 0 Å². The molecule has 0 atom stereocenters. The van der Waals surface area contributed by atoms with E-state index >= 15 is 0 Å². The fraction of sp³-hybridized carbons (Fsp3) is 0.250. The van der Waals surface area contributed by atoms with E-state index in [1.54, 1.807) is 17.4 Å². The number of thiazole rings is 1. The number of nitrogens with one attached hydrogen (secondary N) is 1. The summed E-state index contributed by atoms with van der Waals surface area (Å²) < 4.78 is 13.2. The summed E-state index contributed by atoms with van der Waals surface area (Å²) >= 11 is 1.61. The molecule has 90 valence electrons. The maximum Gasteiger partial charge on any atom is 0.146 e. The predicted octanol–water partition coefficient (Wildman–Crippen LogP) is 2.46. The number of nitrogens with zero attached hydrogens (tertiary/aromatic N) is 1. The molecule has 17 heavy (non-hydrogen) atoms. The van der Waals surface area contributed by atoms with Gasteiger partial charge in [-0.3, -0.25) is 0 Å². The van der Waals surface area contributed by atoms with Crippen LogP contribution in [0.4, 0.5) is 10.1 Å². The molecule has 2 aromatic rings. The number of nitrogen functional groups attached to an aromatic ring is 1. The van der Waals surface area contributed by atoms with Crippen LogP contribution in [-0.4, -0.2) is 4.98 Å². The summed E-state index contributed by atoms with van der Waals surface area (Å²) in [5, 5.41) is 6.23. The second kappa shape index (κ2) is 5.25. The van der Waals surface area contributed by atoms with Gasteiger partial charge in [0.25, 0.3) is 0 Å². The van der Waals surface area contributed by atoms with Gasteiger partial charge in [-0.05, 0) is 18.6 Å². The van der Waals surface area contributed by atoms with Crippen LogP contribution >= 0.6 is 11.3 Å². The van der Waals surface area contributed by atoms with Crippen molar-refractivity contribution in [3.63, 3.8) is 0 Å². The molecule has 1 aromatic carbocycles. The average Bonchev–Trinajstić information content (AvgIpc) is 2.70. The van der Waals surface area contributed by atoms with Crippen LogP contribution in [0.2, 0.25) is 0 Å². The van der Waals surface area contributed by atoms with Gasteiger partial charge in [0, 0.05) is 24.2 Å². The van der Waals surface area contributed by atoms with Gasteiger partial charge in [-0.1, -0.05) is 12.1 Å². The quantitative estimate of drug-likeness (QED) is 0.821. The Balaban J connectivity index is 1.92. The van der Waals surface area contributed by atoms with Crippen molar-refractivity contribution in [2.24, 2.45) is 0 Å². The first-order chi connectivity index (χ1) is 8.16. The summed E-state index contributed by atoms with van der Waals surface area (Å²) in [6.45, 7) is 3.18. The Labute approximate surface area is 103 Å². The number of hydrogen-bond acceptors (Lipinski definition) is 4. The Bertz CT molecular complexity index is 510. The molecule has 2 rings (SSSR count). The highest BCUT2D eigenvalue weighted by molar-refractivity contribution is 7.09. The molecular weight excluding hydrogens is 237 g/mol. The first kappa shape index (κ1) is 12.0. The summed E-state index contributed by atoms with van der Waals surface area (Å²) in [4.78, 5) is 4.33. The summed E-state index contributed by atoms with van der Waals surface area (Å²) in [7, 11) is 0. The molecule has 1 aromatic heterocycles. The monoisotopic (exact) mass is 251 g/mol. The highest BCUT2D eigenvalue weighted by Gasteiger charge is 2.04. The van der Waals surface area contributed by atoms with Crippen molar-refractivity contribution < 1.29 is 4.39 Å². The second-order valence-electron chi connectivity index (χ2n) is 3.80. The van der Waals surface area contributed by atoms with E-state index in [-0.39, 0.29) is 11.5 Å². The number of hydrogen-bond donors (Lipinski definition) is 2. The number of halogens is 1. The molecule has 0 aliphatic carbocycles. The molecule has 0 fully saturated rings. The summed E-state index contributed by atoms with van der Waals surface area (Å²) in [6.07, 6.45) is 0. The fourth-order valence-electron chi connectivity index (χ4n) is 1.52. The van der Waals surface area contributed by atoms with Crippen molar-refractivity contribution in [2.75, 3.05) is 5.73 Å². The Morgan fingerprint density at radius 1 is 1.41 bits per heavy atom. The molecule has 0 saturated carbocycles. The zero-order valence-corrected chi connectivity index (χ0v) is 10.4. The van der Waals surface area contributed by atoms with Crippen molar-refractivity contribution in [3.05, 3.63) is 45.7 Å². The van der Waals surface area contributed by atoms with Gasteiger partial charge in [0.1, 0.15) is 10.8 Å². The molecule has 0 aliphatic heterocycles. The molecular formula is C12H14FN3S. The smallest absolute Gasteiger partial charge is 0.146 e. The number of aromatic nitrogens is 1. The van der Waals surface area contributed by atoms with Crippen LogP contribution in [0.25, 0.3) is 0 Å². The van der Waals surface area contributed by atoms with E-state index in [1.165, 1.54) is 6.07 Å². The Hall–Kier alpha value is -1.46. The maximum absolute atomic E-state index is 13.2. The molecule has 3 nitrogen and oxygen atoms in total. The summed E-state index contributed by atoms with van der Waals surface area (Å²) in [5.41, 5.74) is 7.66. The van der Waals surface area contributed by atoms with Gasteiger partial charge < -0.3 is 11.1 Å². The van der Waals surface area contributed by atoms with Crippen LogP contribution in [-0.2, 0) is 13.1 Å². The number of para-hydroxylation sites is 1. The molecule has 0 saturated heterocycles. The van der Waals surface area contributed by atoms with Crippen molar-refractivity contribution >= 4 is 17.0 Å². The third-order valence-corrected chi connectivity index (χ3v) is 3.37. The van der Waals surface area contributed by atoms with Gasteiger partial charge in [0.05, 0.1) is 5.69 Å². The zero-order valence-electron chi connectivity index (χ0n) is 9.53. The molecule has 0 aliphatic rings. The highest BCUT2D eigenvalue weighted by Crippen LogP contribution is 2.15. The van der Waals surface area contributed by atoms with Crippen molar-refractivity contribution in [1.82, 2.24) is 10.3 Å². The lowest BCUT2D eigenvalue weighted by Crippen LogP contribution is -2.14. The largest absolute Gasteiger partial charge is 0.396 e. The highest BCUT2D eigenvalue weighted by atomic mass is 32.1. The lowest BCUT2D eigenvalue weighted by Gasteiger charge is -2.06. The lowest BCUT2D eigenvalue weighted by molar-refractivity contribution is 0.625. The SMILES string of the molecule is Cc1csc(CNCc2cccc(F)c2N)n1. The summed E-state index contributed by atoms with van der Waals surface area (Å²) in [5.74, 6) is -0.366. The van der Waals surface area contributed by atoms with Gasteiger partial charge >= 0.3 is 0 Å². The Morgan fingerprint density at radius 3 is 2.94 bits per heavy atom. The zero-order chi connectivity index (χ0) is 12.3. The minimum atomic E-state index is -0.366. The van der Waals surface area contributed by atoms with Gasteiger partial charge in [0.15, 0.2) is 0 Å². The molecule has 0 radical (unpaired) electrons. The average molecular weight is 251 g/mol. The standard InChI is InChI=1S/C12H14FN3S/c1-8-7-17-11(16-8)6-15-5-9-3-2-4-10(13)12(9)14/h2-4,7,15H,5-6,14H2,1H3. The van der Waals surface area contributed by atoms with E-state index in [0.717, 1.165) is 16.3 Å². The van der Waals surface area contributed by atoms with Crippen molar-refractivity contribution in [1.29, 1.82) is 0 Å². The van der Waals surface area contributed by atoms with Crippen LogP contribution in [0, 0.1) is 12.7 Å². The maximum atomic E-state index is 13.2. The van der Waals surface area contributed by atoms with E-state index in [0.29, 0.717) is 13.1 Å². The van der Waals surface area contributed by atoms with Crippen molar-refractivity contribution in [3.8, 4) is 0 Å². The minimum absolute atomic E-state index is 0.218. The molecule has 0 unspecified atom stereocenters. The predicted molar refractivity (Wildman–Crippen MR) is 68.2 cm³/mol. The van der Waals surface area contributed by atoms with Gasteiger partial charge in [0.2, 0.25) is 0 Å². The Kier molecular flexibility index (Phi) is 3.71. The number of rotatable bonds is 4. The minimum Gasteiger partial charge on any atom is -0.396 e. The van der Waals surface area contributed by atoms with Crippen molar-refractivity contribution in [2.45, 2.75) is 20.0 Å². The molecule has 0 spiro atoms. The van der Waals surface area contributed by atoms with Crippen LogP contribution in [0.3, 0.4) is 0 Å². The topological polar surface area (TPSA) is 50.9 Å². The van der Waals surface area contributed by atoms with E-state index in [2.05, 4.69) is 10.3 Å². The van der Waals surface area contributed by atoms with E-state index in [1.807, 2.05) is 18.4 Å². The molecule has 1 heterocycles. The van der Waals surface area contributed by atoms with Gasteiger partial charge in [-0.25, -0.2) is 9.37 Å². The molecule has 5 heteroatoms. The first-order valence-corrected chi connectivity index (χ1v) is 6.19. The number of benzene rings is 1. The second-order valence-corrected chi connectivity index (χ2v) is 4.74. The third kappa shape index (κ3) is 3.01. The van der Waals surface area contributed by atoms with E-state index in [4.69, 9.17) is 5.73 Å². The number of anilines is 1. The van der Waals surface area contributed by atoms with Crippen LogP contribution in [0.1, 0.15) is 16.3 Å². The van der Waals surface area contributed by atoms with Crippen LogP contribution in [0.5, 0.6) is 0 Å². The summed E-state index contributed by atoms with van der Waals surface area (Å²) in [6, 6.07) is 4.85. The lowest BCUT2D eigenvalue weighted by atomic mass is 10.2. The Morgan fingerprint density at radius 2 is 2.24 bits per heavy atom. The van der Waals surface area contributed by atoms with E-state index in [9.17, 15) is 4.39 Å². The van der Waals surface area contributed by atoms with Crippen LogP contribution in [0.15, 0.2) is 23.6 Å². The van der Waals surface area contributed by atoms with Crippen LogP contribution < -0.4 is 11.1 Å². The number of nitrogens with two attached hydrogens (primary N) is 1. The molecule has 0 bridgehead atoms. The first-order valence-electron chi connectivity index (χ1n) is 5.31. The molecule has 0 amide bonds. The third-order valence-electron chi connectivity index (χ3n) is 2.40. The van der Waals surface area contributed by atoms with Gasteiger partial charge in [-0.15, -0.1) is 11.3 Å². The number of aryl methyl sites for hydroxylation is 1. The van der Waals surface area contributed by atoms with E-state index < -0.39 is 0 Å². The fourth-order valence-corrected chi connectivity index (χ4v) is 2.27.